The second kappa shape index (κ2) is 4.98. The molecule has 0 aromatic rings. The molecule has 0 aliphatic carbocycles. The van der Waals surface area contributed by atoms with Gasteiger partial charge in [-0.2, -0.15) is 0 Å². The summed E-state index contributed by atoms with van der Waals surface area (Å²) in [5, 5.41) is 0. The Bertz CT molecular complexity index is 222. The molecule has 0 N–H and O–H groups in total. The molecule has 0 radical (unpaired) electrons. The second-order valence-electron chi connectivity index (χ2n) is 3.77. The zero-order chi connectivity index (χ0) is 11.4. The van der Waals surface area contributed by atoms with E-state index in [-0.39, 0.29) is 5.92 Å². The highest BCUT2D eigenvalue weighted by Crippen LogP contribution is 2.25. The normalized spacial score (nSPS) is 14.7. The van der Waals surface area contributed by atoms with Gasteiger partial charge in [-0.25, -0.2) is 4.79 Å². The first-order valence-corrected chi connectivity index (χ1v) is 4.73. The first kappa shape index (κ1) is 12.9. The summed E-state index contributed by atoms with van der Waals surface area (Å²) < 4.78 is 9.38. The molecule has 14 heavy (non-hydrogen) atoms. The predicted octanol–water partition coefficient (Wildman–Crippen LogP) is 2.51. The summed E-state index contributed by atoms with van der Waals surface area (Å²) in [7, 11) is 0. The van der Waals surface area contributed by atoms with Gasteiger partial charge in [-0.1, -0.05) is 20.8 Å². The van der Waals surface area contributed by atoms with Gasteiger partial charge in [-0.05, 0) is 19.3 Å². The highest BCUT2D eigenvalue weighted by molar-refractivity contribution is 5.80. The number of carbonyl (C=O) groups excluding carboxylic acids is 2. The van der Waals surface area contributed by atoms with Crippen LogP contribution in [0.1, 0.15) is 41.0 Å². The van der Waals surface area contributed by atoms with Crippen LogP contribution in [-0.4, -0.2) is 17.7 Å². The average molecular weight is 202 g/mol. The summed E-state index contributed by atoms with van der Waals surface area (Å²) in [4.78, 5) is 21.5. The third kappa shape index (κ3) is 3.77. The highest BCUT2D eigenvalue weighted by atomic mass is 16.7. The van der Waals surface area contributed by atoms with Gasteiger partial charge in [0.2, 0.25) is 0 Å². The van der Waals surface area contributed by atoms with Crippen molar-refractivity contribution < 1.29 is 19.1 Å². The van der Waals surface area contributed by atoms with Crippen molar-refractivity contribution in [3.8, 4) is 0 Å². The Hall–Kier alpha value is -1.06. The summed E-state index contributed by atoms with van der Waals surface area (Å²) >= 11 is 0. The highest BCUT2D eigenvalue weighted by Gasteiger charge is 2.31. The minimum atomic E-state index is -0.921. The van der Waals surface area contributed by atoms with Gasteiger partial charge < -0.3 is 9.47 Å². The van der Waals surface area contributed by atoms with Gasteiger partial charge in [0.25, 0.3) is 0 Å². The van der Waals surface area contributed by atoms with E-state index < -0.39 is 17.7 Å². The molecule has 1 atom stereocenters. The summed E-state index contributed by atoms with van der Waals surface area (Å²) in [6.07, 6.45) is -0.243. The lowest BCUT2D eigenvalue weighted by Gasteiger charge is -2.31. The van der Waals surface area contributed by atoms with Crippen molar-refractivity contribution in [2.24, 2.45) is 5.92 Å². The van der Waals surface area contributed by atoms with Crippen LogP contribution in [0.2, 0.25) is 0 Å². The van der Waals surface area contributed by atoms with Crippen LogP contribution in [0.25, 0.3) is 0 Å². The molecule has 0 aromatic heterocycles. The standard InChI is InChI=1S/C10H18O4/c1-6-10(5,7(2)3)14-9(12)13-8(4)11/h7H,6H2,1-5H3. The fraction of sp³-hybridized carbons (Fsp3) is 0.800. The summed E-state index contributed by atoms with van der Waals surface area (Å²) in [6.45, 7) is 8.80. The maximum Gasteiger partial charge on any atom is 0.516 e. The van der Waals surface area contributed by atoms with Gasteiger partial charge >= 0.3 is 12.1 Å². The van der Waals surface area contributed by atoms with Crippen LogP contribution >= 0.6 is 0 Å². The quantitative estimate of drug-likeness (QED) is 0.521. The molecular formula is C10H18O4. The minimum Gasteiger partial charge on any atom is -0.427 e. The molecule has 0 spiro atoms. The maximum atomic E-state index is 11.1. The number of ether oxygens (including phenoxy) is 2. The Morgan fingerprint density at radius 1 is 1.36 bits per heavy atom. The van der Waals surface area contributed by atoms with E-state index in [9.17, 15) is 9.59 Å². The van der Waals surface area contributed by atoms with E-state index in [1.165, 1.54) is 6.92 Å². The van der Waals surface area contributed by atoms with Gasteiger partial charge in [0.15, 0.2) is 0 Å². The molecule has 0 fully saturated rings. The van der Waals surface area contributed by atoms with Crippen molar-refractivity contribution in [3.05, 3.63) is 0 Å². The Labute approximate surface area is 84.6 Å². The van der Waals surface area contributed by atoms with Gasteiger partial charge in [-0.3, -0.25) is 4.79 Å². The van der Waals surface area contributed by atoms with Crippen molar-refractivity contribution in [2.45, 2.75) is 46.6 Å². The number of esters is 1. The first-order chi connectivity index (χ1) is 6.31. The third-order valence-electron chi connectivity index (χ3n) is 2.47. The van der Waals surface area contributed by atoms with E-state index in [0.29, 0.717) is 6.42 Å². The summed E-state index contributed by atoms with van der Waals surface area (Å²) in [5.74, 6) is -0.482. The molecule has 0 bridgehead atoms. The maximum absolute atomic E-state index is 11.1. The predicted molar refractivity (Wildman–Crippen MR) is 51.8 cm³/mol. The fourth-order valence-corrected chi connectivity index (χ4v) is 0.927. The van der Waals surface area contributed by atoms with Crippen LogP contribution < -0.4 is 0 Å². The van der Waals surface area contributed by atoms with Crippen LogP contribution in [0, 0.1) is 5.92 Å². The Morgan fingerprint density at radius 2 is 1.86 bits per heavy atom. The van der Waals surface area contributed by atoms with E-state index in [4.69, 9.17) is 4.74 Å². The SMILES string of the molecule is CCC(C)(OC(=O)OC(C)=O)C(C)C. The van der Waals surface area contributed by atoms with Crippen LogP contribution in [-0.2, 0) is 14.3 Å². The van der Waals surface area contributed by atoms with Crippen LogP contribution in [0.4, 0.5) is 4.79 Å². The van der Waals surface area contributed by atoms with E-state index >= 15 is 0 Å². The zero-order valence-corrected chi connectivity index (χ0v) is 9.42. The first-order valence-electron chi connectivity index (χ1n) is 4.73. The van der Waals surface area contributed by atoms with Crippen molar-refractivity contribution >= 4 is 12.1 Å². The molecule has 0 saturated heterocycles. The smallest absolute Gasteiger partial charge is 0.427 e. The largest absolute Gasteiger partial charge is 0.516 e. The van der Waals surface area contributed by atoms with Gasteiger partial charge in [0.05, 0.1) is 0 Å². The molecular weight excluding hydrogens is 184 g/mol. The molecule has 4 heteroatoms. The lowest BCUT2D eigenvalue weighted by Crippen LogP contribution is -2.37. The van der Waals surface area contributed by atoms with E-state index in [2.05, 4.69) is 4.74 Å². The number of hydrogen-bond acceptors (Lipinski definition) is 4. The Morgan fingerprint density at radius 3 is 2.14 bits per heavy atom. The Balaban J connectivity index is 4.32. The van der Waals surface area contributed by atoms with Crippen LogP contribution in [0.3, 0.4) is 0 Å². The molecule has 0 aliphatic rings. The van der Waals surface area contributed by atoms with Crippen LogP contribution in [0.5, 0.6) is 0 Å². The Kier molecular flexibility index (Phi) is 4.60. The molecule has 0 aliphatic heterocycles. The topological polar surface area (TPSA) is 52.6 Å². The van der Waals surface area contributed by atoms with Crippen molar-refractivity contribution in [3.63, 3.8) is 0 Å². The number of carbonyl (C=O) groups is 2. The van der Waals surface area contributed by atoms with Crippen molar-refractivity contribution in [1.82, 2.24) is 0 Å². The lowest BCUT2D eigenvalue weighted by atomic mass is 9.90. The molecule has 0 aromatic carbocycles. The van der Waals surface area contributed by atoms with Crippen molar-refractivity contribution in [2.75, 3.05) is 0 Å². The van der Waals surface area contributed by atoms with Gasteiger partial charge in [0, 0.05) is 6.92 Å². The fourth-order valence-electron chi connectivity index (χ4n) is 0.927. The molecule has 0 saturated carbocycles. The van der Waals surface area contributed by atoms with Gasteiger partial charge in [-0.15, -0.1) is 0 Å². The third-order valence-corrected chi connectivity index (χ3v) is 2.47. The molecule has 0 rings (SSSR count). The van der Waals surface area contributed by atoms with E-state index in [1.54, 1.807) is 0 Å². The van der Waals surface area contributed by atoms with Gasteiger partial charge in [0.1, 0.15) is 5.60 Å². The zero-order valence-electron chi connectivity index (χ0n) is 9.42. The average Bonchev–Trinajstić information content (AvgIpc) is 2.01. The van der Waals surface area contributed by atoms with Crippen LogP contribution in [0.15, 0.2) is 0 Å². The molecule has 1 unspecified atom stereocenters. The second-order valence-corrected chi connectivity index (χ2v) is 3.77. The molecule has 82 valence electrons. The lowest BCUT2D eigenvalue weighted by molar-refractivity contribution is -0.140. The number of rotatable bonds is 3. The number of hydrogen-bond donors (Lipinski definition) is 0. The van der Waals surface area contributed by atoms with E-state index in [1.807, 2.05) is 27.7 Å². The molecule has 0 amide bonds. The summed E-state index contributed by atoms with van der Waals surface area (Å²) in [6, 6.07) is 0. The van der Waals surface area contributed by atoms with Crippen molar-refractivity contribution in [1.29, 1.82) is 0 Å². The summed E-state index contributed by atoms with van der Waals surface area (Å²) in [5.41, 5.74) is -0.577. The molecule has 0 heterocycles. The monoisotopic (exact) mass is 202 g/mol. The van der Waals surface area contributed by atoms with E-state index in [0.717, 1.165) is 0 Å². The molecule has 4 nitrogen and oxygen atoms in total. The minimum absolute atomic E-state index is 0.173.